The molecule has 0 N–H and O–H groups in total. The van der Waals surface area contributed by atoms with Crippen LogP contribution in [0.15, 0.2) is 5.51 Å². The highest BCUT2D eigenvalue weighted by Gasteiger charge is 2.24. The first-order chi connectivity index (χ1) is 7.33. The van der Waals surface area contributed by atoms with Crippen molar-refractivity contribution in [2.24, 2.45) is 0 Å². The highest BCUT2D eigenvalue weighted by Crippen LogP contribution is 2.45. The van der Waals surface area contributed by atoms with Crippen molar-refractivity contribution in [3.8, 4) is 11.5 Å². The summed E-state index contributed by atoms with van der Waals surface area (Å²) in [4.78, 5) is 4.41. The predicted molar refractivity (Wildman–Crippen MR) is 59.9 cm³/mol. The van der Waals surface area contributed by atoms with E-state index in [1.807, 2.05) is 5.51 Å². The summed E-state index contributed by atoms with van der Waals surface area (Å²) in [5.74, 6) is 1.78. The summed E-state index contributed by atoms with van der Waals surface area (Å²) in [5.41, 5.74) is 5.38. The minimum absolute atomic E-state index is 0.330. The molecule has 0 atom stereocenters. The van der Waals surface area contributed by atoms with Gasteiger partial charge in [-0.1, -0.05) is 6.92 Å². The second-order valence-electron chi connectivity index (χ2n) is 3.55. The number of rotatable bonds is 1. The Balaban J connectivity index is 2.47. The molecule has 2 heterocycles. The lowest BCUT2D eigenvalue weighted by molar-refractivity contribution is 0.174. The zero-order chi connectivity index (χ0) is 10.4. The van der Waals surface area contributed by atoms with E-state index >= 15 is 0 Å². The molecule has 0 aliphatic carbocycles. The highest BCUT2D eigenvalue weighted by molar-refractivity contribution is 7.17. The largest absolute Gasteiger partial charge is 0.453 e. The van der Waals surface area contributed by atoms with Crippen LogP contribution in [0.5, 0.6) is 11.5 Å². The van der Waals surface area contributed by atoms with E-state index in [0.717, 1.165) is 28.1 Å². The summed E-state index contributed by atoms with van der Waals surface area (Å²) in [6.07, 6.45) is 0.975. The number of aromatic nitrogens is 1. The van der Waals surface area contributed by atoms with Gasteiger partial charge >= 0.3 is 0 Å². The fraction of sp³-hybridized carbons (Fsp3) is 0.364. The van der Waals surface area contributed by atoms with Crippen LogP contribution in [-0.4, -0.2) is 11.8 Å². The Bertz CT molecular complexity index is 522. The van der Waals surface area contributed by atoms with Crippen molar-refractivity contribution in [1.82, 2.24) is 4.98 Å². The molecule has 3 nitrogen and oxygen atoms in total. The first kappa shape index (κ1) is 8.97. The third-order valence-electron chi connectivity index (χ3n) is 2.82. The summed E-state index contributed by atoms with van der Waals surface area (Å²) in [6.45, 7) is 4.55. The molecule has 78 valence electrons. The van der Waals surface area contributed by atoms with Crippen molar-refractivity contribution < 1.29 is 9.47 Å². The van der Waals surface area contributed by atoms with Crippen LogP contribution in [0.25, 0.3) is 10.2 Å². The molecule has 3 rings (SSSR count). The van der Waals surface area contributed by atoms with Crippen LogP contribution in [0, 0.1) is 6.92 Å². The molecule has 0 amide bonds. The van der Waals surface area contributed by atoms with Crippen LogP contribution < -0.4 is 9.47 Å². The number of hydrogen-bond acceptors (Lipinski definition) is 4. The van der Waals surface area contributed by atoms with Crippen molar-refractivity contribution >= 4 is 21.6 Å². The number of nitrogens with zero attached hydrogens (tertiary/aromatic N) is 1. The molecule has 0 fully saturated rings. The van der Waals surface area contributed by atoms with Gasteiger partial charge < -0.3 is 9.47 Å². The number of hydrogen-bond donors (Lipinski definition) is 0. The zero-order valence-electron chi connectivity index (χ0n) is 8.66. The second kappa shape index (κ2) is 3.10. The molecule has 0 spiro atoms. The molecule has 1 aliphatic heterocycles. The van der Waals surface area contributed by atoms with Gasteiger partial charge in [0.1, 0.15) is 4.70 Å². The van der Waals surface area contributed by atoms with Crippen LogP contribution in [0.1, 0.15) is 18.1 Å². The summed E-state index contributed by atoms with van der Waals surface area (Å²) in [7, 11) is 0. The Morgan fingerprint density at radius 3 is 3.00 bits per heavy atom. The lowest BCUT2D eigenvalue weighted by atomic mass is 10.0. The van der Waals surface area contributed by atoms with Crippen LogP contribution >= 0.6 is 11.3 Å². The van der Waals surface area contributed by atoms with Gasteiger partial charge in [0.2, 0.25) is 6.79 Å². The molecule has 0 bridgehead atoms. The maximum atomic E-state index is 5.51. The number of ether oxygens (including phenoxy) is 2. The van der Waals surface area contributed by atoms with Gasteiger partial charge in [-0.05, 0) is 18.9 Å². The van der Waals surface area contributed by atoms with E-state index in [-0.39, 0.29) is 0 Å². The zero-order valence-corrected chi connectivity index (χ0v) is 9.48. The van der Waals surface area contributed by atoms with E-state index in [1.54, 1.807) is 11.3 Å². The van der Waals surface area contributed by atoms with Crippen molar-refractivity contribution in [2.45, 2.75) is 20.3 Å². The third kappa shape index (κ3) is 1.08. The van der Waals surface area contributed by atoms with Gasteiger partial charge in [0.05, 0.1) is 11.0 Å². The van der Waals surface area contributed by atoms with Gasteiger partial charge in [0, 0.05) is 5.56 Å². The van der Waals surface area contributed by atoms with E-state index in [1.165, 1.54) is 11.1 Å². The first-order valence-corrected chi connectivity index (χ1v) is 5.85. The Labute approximate surface area is 91.7 Å². The topological polar surface area (TPSA) is 31.4 Å². The molecule has 0 radical (unpaired) electrons. The monoisotopic (exact) mass is 221 g/mol. The molecule has 1 aromatic heterocycles. The van der Waals surface area contributed by atoms with Gasteiger partial charge in [-0.15, -0.1) is 11.3 Å². The van der Waals surface area contributed by atoms with E-state index < -0.39 is 0 Å². The Kier molecular flexibility index (Phi) is 1.85. The molecule has 0 saturated heterocycles. The van der Waals surface area contributed by atoms with Crippen LogP contribution in [0.2, 0.25) is 0 Å². The van der Waals surface area contributed by atoms with Crippen molar-refractivity contribution in [1.29, 1.82) is 0 Å². The predicted octanol–water partition coefficient (Wildman–Crippen LogP) is 2.90. The van der Waals surface area contributed by atoms with Crippen LogP contribution in [0.3, 0.4) is 0 Å². The maximum absolute atomic E-state index is 5.51. The van der Waals surface area contributed by atoms with Crippen LogP contribution in [-0.2, 0) is 6.42 Å². The molecule has 1 aromatic carbocycles. The van der Waals surface area contributed by atoms with E-state index in [9.17, 15) is 0 Å². The van der Waals surface area contributed by atoms with Gasteiger partial charge in [0.15, 0.2) is 11.5 Å². The average Bonchev–Trinajstić information content (AvgIpc) is 2.84. The fourth-order valence-electron chi connectivity index (χ4n) is 2.10. The number of thiazole rings is 1. The normalized spacial score (nSPS) is 13.7. The van der Waals surface area contributed by atoms with E-state index in [2.05, 4.69) is 18.8 Å². The summed E-state index contributed by atoms with van der Waals surface area (Å²) in [6, 6.07) is 0. The third-order valence-corrected chi connectivity index (χ3v) is 3.64. The molecular weight excluding hydrogens is 210 g/mol. The Morgan fingerprint density at radius 1 is 1.40 bits per heavy atom. The maximum Gasteiger partial charge on any atom is 0.231 e. The van der Waals surface area contributed by atoms with Gasteiger partial charge in [-0.25, -0.2) is 4.98 Å². The van der Waals surface area contributed by atoms with Gasteiger partial charge in [-0.2, -0.15) is 0 Å². The molecule has 4 heteroatoms. The van der Waals surface area contributed by atoms with Gasteiger partial charge in [-0.3, -0.25) is 0 Å². The second-order valence-corrected chi connectivity index (χ2v) is 4.41. The van der Waals surface area contributed by atoms with Crippen molar-refractivity contribution in [2.75, 3.05) is 6.79 Å². The van der Waals surface area contributed by atoms with E-state index in [0.29, 0.717) is 6.79 Å². The lowest BCUT2D eigenvalue weighted by Gasteiger charge is -2.07. The molecule has 2 aromatic rings. The quantitative estimate of drug-likeness (QED) is 0.742. The minimum atomic E-state index is 0.330. The molecule has 0 saturated carbocycles. The van der Waals surface area contributed by atoms with Crippen molar-refractivity contribution in [3.63, 3.8) is 0 Å². The van der Waals surface area contributed by atoms with E-state index in [4.69, 9.17) is 9.47 Å². The van der Waals surface area contributed by atoms with Crippen LogP contribution in [0.4, 0.5) is 0 Å². The Hall–Kier alpha value is -1.29. The summed E-state index contributed by atoms with van der Waals surface area (Å²) >= 11 is 1.61. The number of aryl methyl sites for hydroxylation is 1. The number of fused-ring (bicyclic) bond motifs is 3. The average molecular weight is 221 g/mol. The lowest BCUT2D eigenvalue weighted by Crippen LogP contribution is -1.94. The standard InChI is InChI=1S/C11H11NO2S/c1-3-7-6(2)9-10(14-5-13-9)11-8(7)12-4-15-11/h4H,3,5H2,1-2H3. The van der Waals surface area contributed by atoms with Crippen molar-refractivity contribution in [3.05, 3.63) is 16.6 Å². The SMILES string of the molecule is CCc1c(C)c2c(c3scnc13)OCO2. The van der Waals surface area contributed by atoms with Gasteiger partial charge in [0.25, 0.3) is 0 Å². The molecule has 15 heavy (non-hydrogen) atoms. The smallest absolute Gasteiger partial charge is 0.231 e. The summed E-state index contributed by atoms with van der Waals surface area (Å²) < 4.78 is 12.1. The summed E-state index contributed by atoms with van der Waals surface area (Å²) in [5, 5.41) is 0. The molecule has 1 aliphatic rings. The minimum Gasteiger partial charge on any atom is -0.453 e. The number of benzene rings is 1. The molecule has 0 unspecified atom stereocenters. The molecular formula is C11H11NO2S. The Morgan fingerprint density at radius 2 is 2.20 bits per heavy atom. The fourth-order valence-corrected chi connectivity index (χ4v) is 2.90. The highest BCUT2D eigenvalue weighted by atomic mass is 32.1. The first-order valence-electron chi connectivity index (χ1n) is 4.97.